The summed E-state index contributed by atoms with van der Waals surface area (Å²) in [6, 6.07) is 0. The average Bonchev–Trinajstić information content (AvgIpc) is 2.68. The van der Waals surface area contributed by atoms with Crippen LogP contribution in [-0.2, 0) is 4.79 Å². The predicted molar refractivity (Wildman–Crippen MR) is 85.9 cm³/mol. The van der Waals surface area contributed by atoms with E-state index in [1.165, 1.54) is 57.7 Å². The Bertz CT molecular complexity index is 494. The third-order valence-electron chi connectivity index (χ3n) is 8.37. The highest BCUT2D eigenvalue weighted by molar-refractivity contribution is 5.60. The van der Waals surface area contributed by atoms with Crippen molar-refractivity contribution in [2.45, 2.75) is 71.6 Å². The van der Waals surface area contributed by atoms with Crippen molar-refractivity contribution in [1.82, 2.24) is 0 Å². The lowest BCUT2D eigenvalue weighted by molar-refractivity contribution is -0.157. The number of rotatable bonds is 1. The fraction of sp³-hybridized carbons (Fsp3) is 0.850. The molecule has 4 saturated carbocycles. The minimum absolute atomic E-state index is 0.0545. The highest BCUT2D eigenvalue weighted by atomic mass is 16.1. The van der Waals surface area contributed by atoms with Gasteiger partial charge in [0, 0.05) is 5.41 Å². The zero-order valence-corrected chi connectivity index (χ0v) is 13.8. The number of fused-ring (bicyclic) bond motifs is 3. The standard InChI is InChI=1S/C20H30O/c1-14-11-20-10-7-16-18(2,13-21)8-4-9-19(16,3)17(20)6-5-15(14)12-20/h13,15-17H,1,4-12H2,2-3H3/t15-,16?,17?,18?,19-,20-/m1/s1. The van der Waals surface area contributed by atoms with Gasteiger partial charge in [-0.15, -0.1) is 0 Å². The Hall–Kier alpha value is -0.590. The molecule has 4 rings (SSSR count). The number of carbonyl (C=O) groups excluding carboxylic acids is 1. The van der Waals surface area contributed by atoms with E-state index in [1.54, 1.807) is 5.57 Å². The molecule has 116 valence electrons. The van der Waals surface area contributed by atoms with Gasteiger partial charge in [0.25, 0.3) is 0 Å². The highest BCUT2D eigenvalue weighted by Crippen LogP contribution is 2.71. The van der Waals surface area contributed by atoms with E-state index in [1.807, 2.05) is 0 Å². The van der Waals surface area contributed by atoms with Crippen molar-refractivity contribution in [1.29, 1.82) is 0 Å². The molecule has 6 atom stereocenters. The first-order valence-electron chi connectivity index (χ1n) is 9.08. The minimum Gasteiger partial charge on any atom is -0.303 e. The molecule has 0 aromatic rings. The van der Waals surface area contributed by atoms with Crippen LogP contribution in [-0.4, -0.2) is 6.29 Å². The lowest BCUT2D eigenvalue weighted by Crippen LogP contribution is -2.56. The van der Waals surface area contributed by atoms with Crippen LogP contribution in [0.5, 0.6) is 0 Å². The molecular formula is C20H30O. The fourth-order valence-corrected chi connectivity index (χ4v) is 7.54. The van der Waals surface area contributed by atoms with Crippen LogP contribution in [0.3, 0.4) is 0 Å². The molecule has 0 radical (unpaired) electrons. The van der Waals surface area contributed by atoms with Crippen LogP contribution >= 0.6 is 0 Å². The molecule has 1 spiro atoms. The molecule has 1 heteroatoms. The van der Waals surface area contributed by atoms with Crippen molar-refractivity contribution in [3.05, 3.63) is 12.2 Å². The number of hydrogen-bond donors (Lipinski definition) is 0. The largest absolute Gasteiger partial charge is 0.303 e. The maximum Gasteiger partial charge on any atom is 0.126 e. The Morgan fingerprint density at radius 3 is 2.67 bits per heavy atom. The lowest BCUT2D eigenvalue weighted by Gasteiger charge is -2.63. The Morgan fingerprint density at radius 2 is 1.90 bits per heavy atom. The van der Waals surface area contributed by atoms with E-state index in [0.29, 0.717) is 16.7 Å². The highest BCUT2D eigenvalue weighted by Gasteiger charge is 2.63. The van der Waals surface area contributed by atoms with Crippen LogP contribution in [0.15, 0.2) is 12.2 Å². The van der Waals surface area contributed by atoms with Crippen LogP contribution in [0.25, 0.3) is 0 Å². The van der Waals surface area contributed by atoms with Gasteiger partial charge in [-0.05, 0) is 80.0 Å². The van der Waals surface area contributed by atoms with E-state index in [9.17, 15) is 4.79 Å². The molecule has 2 bridgehead atoms. The van der Waals surface area contributed by atoms with Crippen molar-refractivity contribution in [3.63, 3.8) is 0 Å². The lowest BCUT2D eigenvalue weighted by atomic mass is 9.41. The third-order valence-corrected chi connectivity index (χ3v) is 8.37. The van der Waals surface area contributed by atoms with Crippen molar-refractivity contribution >= 4 is 6.29 Å². The van der Waals surface area contributed by atoms with E-state index in [-0.39, 0.29) is 5.41 Å². The maximum atomic E-state index is 11.8. The first kappa shape index (κ1) is 14.0. The summed E-state index contributed by atoms with van der Waals surface area (Å²) < 4.78 is 0. The van der Waals surface area contributed by atoms with E-state index in [4.69, 9.17) is 0 Å². The number of allylic oxidation sites excluding steroid dienone is 1. The van der Waals surface area contributed by atoms with Gasteiger partial charge in [0.15, 0.2) is 0 Å². The maximum absolute atomic E-state index is 11.8. The van der Waals surface area contributed by atoms with Gasteiger partial charge in [-0.2, -0.15) is 0 Å². The Morgan fingerprint density at radius 1 is 1.10 bits per heavy atom. The molecule has 0 aromatic heterocycles. The molecule has 4 fully saturated rings. The second kappa shape index (κ2) is 4.24. The van der Waals surface area contributed by atoms with E-state index < -0.39 is 0 Å². The second-order valence-electron chi connectivity index (χ2n) is 9.30. The van der Waals surface area contributed by atoms with Gasteiger partial charge in [-0.25, -0.2) is 0 Å². The van der Waals surface area contributed by atoms with Gasteiger partial charge in [0.2, 0.25) is 0 Å². The molecular weight excluding hydrogens is 256 g/mol. The molecule has 1 nitrogen and oxygen atoms in total. The molecule has 0 heterocycles. The zero-order valence-electron chi connectivity index (χ0n) is 13.8. The number of aldehydes is 1. The molecule has 21 heavy (non-hydrogen) atoms. The smallest absolute Gasteiger partial charge is 0.126 e. The summed E-state index contributed by atoms with van der Waals surface area (Å²) in [5.41, 5.74) is 2.46. The van der Waals surface area contributed by atoms with Crippen molar-refractivity contribution in [2.75, 3.05) is 0 Å². The van der Waals surface area contributed by atoms with Crippen molar-refractivity contribution < 1.29 is 4.79 Å². The van der Waals surface area contributed by atoms with Gasteiger partial charge < -0.3 is 4.79 Å². The quantitative estimate of drug-likeness (QED) is 0.481. The Kier molecular flexibility index (Phi) is 2.83. The van der Waals surface area contributed by atoms with Crippen molar-refractivity contribution in [3.8, 4) is 0 Å². The van der Waals surface area contributed by atoms with Gasteiger partial charge >= 0.3 is 0 Å². The van der Waals surface area contributed by atoms with Crippen LogP contribution in [0.1, 0.15) is 71.6 Å². The summed E-state index contributed by atoms with van der Waals surface area (Å²) in [5.74, 6) is 2.29. The molecule has 0 saturated heterocycles. The van der Waals surface area contributed by atoms with Crippen LogP contribution in [0.4, 0.5) is 0 Å². The number of carbonyl (C=O) groups is 1. The molecule has 4 aliphatic carbocycles. The zero-order chi connectivity index (χ0) is 14.9. The summed E-state index contributed by atoms with van der Waals surface area (Å²) in [6.45, 7) is 9.19. The minimum atomic E-state index is -0.0545. The van der Waals surface area contributed by atoms with Crippen molar-refractivity contribution in [2.24, 2.45) is 34.0 Å². The molecule has 0 N–H and O–H groups in total. The Labute approximate surface area is 129 Å². The SMILES string of the molecule is C=C1C[C@@]23CCC4C(C)(C=O)CCC[C@@]4(C)C2CC[C@@H]1C3. The van der Waals surface area contributed by atoms with Gasteiger partial charge in [0.05, 0.1) is 0 Å². The molecule has 4 aliphatic rings. The molecule has 3 unspecified atom stereocenters. The van der Waals surface area contributed by atoms with Gasteiger partial charge in [-0.1, -0.05) is 32.4 Å². The average molecular weight is 286 g/mol. The van der Waals surface area contributed by atoms with E-state index in [0.717, 1.165) is 18.3 Å². The van der Waals surface area contributed by atoms with E-state index >= 15 is 0 Å². The predicted octanol–water partition coefficient (Wildman–Crippen LogP) is 5.15. The first-order valence-corrected chi connectivity index (χ1v) is 9.08. The summed E-state index contributed by atoms with van der Waals surface area (Å²) in [4.78, 5) is 11.8. The van der Waals surface area contributed by atoms with E-state index in [2.05, 4.69) is 20.4 Å². The molecule has 0 aliphatic heterocycles. The van der Waals surface area contributed by atoms with Crippen LogP contribution in [0.2, 0.25) is 0 Å². The molecule has 0 amide bonds. The fourth-order valence-electron chi connectivity index (χ4n) is 7.54. The summed E-state index contributed by atoms with van der Waals surface area (Å²) in [6.07, 6.45) is 13.1. The first-order chi connectivity index (χ1) is 9.94. The second-order valence-corrected chi connectivity index (χ2v) is 9.30. The molecule has 0 aromatic carbocycles. The summed E-state index contributed by atoms with van der Waals surface area (Å²) in [7, 11) is 0. The van der Waals surface area contributed by atoms with Crippen LogP contribution in [0, 0.1) is 34.0 Å². The number of hydrogen-bond acceptors (Lipinski definition) is 1. The summed E-state index contributed by atoms with van der Waals surface area (Å²) >= 11 is 0. The van der Waals surface area contributed by atoms with Gasteiger partial charge in [0.1, 0.15) is 6.29 Å². The normalized spacial score (nSPS) is 55.7. The third kappa shape index (κ3) is 1.67. The summed E-state index contributed by atoms with van der Waals surface area (Å²) in [5, 5.41) is 0. The Balaban J connectivity index is 1.75. The monoisotopic (exact) mass is 286 g/mol. The van der Waals surface area contributed by atoms with Crippen LogP contribution < -0.4 is 0 Å². The van der Waals surface area contributed by atoms with Gasteiger partial charge in [-0.3, -0.25) is 0 Å². The topological polar surface area (TPSA) is 17.1 Å².